The van der Waals surface area contributed by atoms with Crippen molar-refractivity contribution in [2.45, 2.75) is 19.9 Å². The number of guanidine groups is 1. The molecule has 0 atom stereocenters. The first-order valence-corrected chi connectivity index (χ1v) is 8.43. The van der Waals surface area contributed by atoms with Crippen molar-refractivity contribution in [1.29, 1.82) is 0 Å². The Morgan fingerprint density at radius 1 is 1.08 bits per heavy atom. The maximum atomic E-state index is 13.7. The van der Waals surface area contributed by atoms with E-state index in [1.54, 1.807) is 19.2 Å². The zero-order valence-electron chi connectivity index (χ0n) is 15.0. The maximum Gasteiger partial charge on any atom is 0.191 e. The SMILES string of the molecule is CN=C(NCCc1c(C)[nH]c2ccccc12)NCc1ccccc1F.I. The van der Waals surface area contributed by atoms with Crippen molar-refractivity contribution in [1.82, 2.24) is 15.6 Å². The standard InChI is InChI=1S/C20H23FN4.HI/c1-14-16(17-8-4-6-10-19(17)25-14)11-12-23-20(22-2)24-13-15-7-3-5-9-18(15)21;/h3-10,25H,11-13H2,1-2H3,(H2,22,23,24);1H. The monoisotopic (exact) mass is 466 g/mol. The van der Waals surface area contributed by atoms with E-state index in [0.29, 0.717) is 18.1 Å². The van der Waals surface area contributed by atoms with Crippen LogP contribution < -0.4 is 10.6 Å². The first-order valence-electron chi connectivity index (χ1n) is 8.43. The molecule has 138 valence electrons. The molecule has 2 aromatic carbocycles. The summed E-state index contributed by atoms with van der Waals surface area (Å²) in [5.41, 5.74) is 4.29. The van der Waals surface area contributed by atoms with E-state index in [4.69, 9.17) is 0 Å². The number of rotatable bonds is 5. The molecule has 3 aromatic rings. The summed E-state index contributed by atoms with van der Waals surface area (Å²) in [6, 6.07) is 15.1. The Labute approximate surface area is 170 Å². The molecule has 0 aliphatic carbocycles. The van der Waals surface area contributed by atoms with Crippen molar-refractivity contribution >= 4 is 40.8 Å². The van der Waals surface area contributed by atoms with E-state index < -0.39 is 0 Å². The molecule has 0 unspecified atom stereocenters. The van der Waals surface area contributed by atoms with Gasteiger partial charge in [-0.1, -0.05) is 36.4 Å². The predicted molar refractivity (Wildman–Crippen MR) is 117 cm³/mol. The average molecular weight is 466 g/mol. The van der Waals surface area contributed by atoms with Crippen molar-refractivity contribution in [2.24, 2.45) is 4.99 Å². The van der Waals surface area contributed by atoms with Crippen molar-refractivity contribution in [3.05, 3.63) is 71.2 Å². The molecular formula is C20H24FIN4. The molecule has 0 saturated carbocycles. The van der Waals surface area contributed by atoms with E-state index in [9.17, 15) is 4.39 Å². The number of aromatic amines is 1. The first-order chi connectivity index (χ1) is 12.2. The van der Waals surface area contributed by atoms with E-state index >= 15 is 0 Å². The number of fused-ring (bicyclic) bond motifs is 1. The Balaban J connectivity index is 0.00000243. The lowest BCUT2D eigenvalue weighted by Crippen LogP contribution is -2.38. The minimum atomic E-state index is -0.208. The van der Waals surface area contributed by atoms with E-state index in [0.717, 1.165) is 18.5 Å². The van der Waals surface area contributed by atoms with Crippen molar-refractivity contribution in [3.63, 3.8) is 0 Å². The number of nitrogens with zero attached hydrogens (tertiary/aromatic N) is 1. The van der Waals surface area contributed by atoms with Crippen molar-refractivity contribution in [2.75, 3.05) is 13.6 Å². The number of aromatic nitrogens is 1. The van der Waals surface area contributed by atoms with Crippen LogP contribution in [-0.4, -0.2) is 24.5 Å². The van der Waals surface area contributed by atoms with Crippen LogP contribution >= 0.6 is 24.0 Å². The molecule has 0 saturated heterocycles. The van der Waals surface area contributed by atoms with Gasteiger partial charge >= 0.3 is 0 Å². The van der Waals surface area contributed by atoms with Gasteiger partial charge in [0.1, 0.15) is 5.82 Å². The summed E-state index contributed by atoms with van der Waals surface area (Å²) in [5, 5.41) is 7.70. The van der Waals surface area contributed by atoms with E-state index in [-0.39, 0.29) is 29.8 Å². The van der Waals surface area contributed by atoms with Gasteiger partial charge in [0.25, 0.3) is 0 Å². The summed E-state index contributed by atoms with van der Waals surface area (Å²) in [6.07, 6.45) is 0.885. The van der Waals surface area contributed by atoms with Crippen LogP contribution in [0.5, 0.6) is 0 Å². The van der Waals surface area contributed by atoms with Gasteiger partial charge in [0, 0.05) is 42.3 Å². The van der Waals surface area contributed by atoms with Crippen molar-refractivity contribution < 1.29 is 4.39 Å². The molecule has 1 aromatic heterocycles. The summed E-state index contributed by atoms with van der Waals surface area (Å²) in [7, 11) is 1.72. The third kappa shape index (κ3) is 4.75. The fraction of sp³-hybridized carbons (Fsp3) is 0.250. The normalized spacial score (nSPS) is 11.3. The number of benzene rings is 2. The largest absolute Gasteiger partial charge is 0.358 e. The summed E-state index contributed by atoms with van der Waals surface area (Å²) < 4.78 is 13.7. The van der Waals surface area contributed by atoms with Crippen LogP contribution in [0.15, 0.2) is 53.5 Å². The quantitative estimate of drug-likeness (QED) is 0.301. The molecule has 3 rings (SSSR count). The van der Waals surface area contributed by atoms with Crippen LogP contribution in [0.1, 0.15) is 16.8 Å². The Kier molecular flexibility index (Phi) is 7.44. The minimum Gasteiger partial charge on any atom is -0.358 e. The lowest BCUT2D eigenvalue weighted by Gasteiger charge is -2.12. The topological polar surface area (TPSA) is 52.2 Å². The number of hydrogen-bond acceptors (Lipinski definition) is 1. The Bertz CT molecular complexity index is 888. The third-order valence-corrected chi connectivity index (χ3v) is 4.32. The van der Waals surface area contributed by atoms with E-state index in [1.165, 1.54) is 22.7 Å². The molecule has 0 bridgehead atoms. The highest BCUT2D eigenvalue weighted by atomic mass is 127. The van der Waals surface area contributed by atoms with Gasteiger partial charge in [-0.25, -0.2) is 4.39 Å². The highest BCUT2D eigenvalue weighted by Gasteiger charge is 2.08. The lowest BCUT2D eigenvalue weighted by molar-refractivity contribution is 0.604. The first kappa shape index (κ1) is 20.2. The molecule has 3 N–H and O–H groups in total. The Hall–Kier alpha value is -2.09. The maximum absolute atomic E-state index is 13.7. The summed E-state index contributed by atoms with van der Waals surface area (Å²) in [6.45, 7) is 3.25. The molecule has 0 aliphatic heterocycles. The van der Waals surface area contributed by atoms with Crippen LogP contribution in [0.25, 0.3) is 10.9 Å². The molecule has 26 heavy (non-hydrogen) atoms. The molecular weight excluding hydrogens is 442 g/mol. The van der Waals surface area contributed by atoms with Gasteiger partial charge in [0.05, 0.1) is 0 Å². The fourth-order valence-corrected chi connectivity index (χ4v) is 3.00. The van der Waals surface area contributed by atoms with E-state index in [2.05, 4.69) is 45.7 Å². The minimum absolute atomic E-state index is 0. The number of nitrogens with one attached hydrogen (secondary N) is 3. The van der Waals surface area contributed by atoms with Gasteiger partial charge in [-0.2, -0.15) is 0 Å². The summed E-state index contributed by atoms with van der Waals surface area (Å²) in [5.74, 6) is 0.459. The van der Waals surface area contributed by atoms with Gasteiger partial charge in [-0.3, -0.25) is 4.99 Å². The number of aryl methyl sites for hydroxylation is 1. The zero-order chi connectivity index (χ0) is 17.6. The predicted octanol–water partition coefficient (Wildman–Crippen LogP) is 4.14. The van der Waals surface area contributed by atoms with Gasteiger partial charge in [-0.05, 0) is 31.0 Å². The van der Waals surface area contributed by atoms with Crippen LogP contribution in [0.2, 0.25) is 0 Å². The average Bonchev–Trinajstić information content (AvgIpc) is 2.94. The lowest BCUT2D eigenvalue weighted by atomic mass is 10.1. The smallest absolute Gasteiger partial charge is 0.191 e. The molecule has 0 radical (unpaired) electrons. The summed E-state index contributed by atoms with van der Waals surface area (Å²) >= 11 is 0. The second kappa shape index (κ2) is 9.56. The number of aliphatic imine (C=N–C) groups is 1. The molecule has 0 aliphatic rings. The highest BCUT2D eigenvalue weighted by Crippen LogP contribution is 2.21. The van der Waals surface area contributed by atoms with Crippen molar-refractivity contribution in [3.8, 4) is 0 Å². The summed E-state index contributed by atoms with van der Waals surface area (Å²) in [4.78, 5) is 7.62. The van der Waals surface area contributed by atoms with Crippen LogP contribution in [-0.2, 0) is 13.0 Å². The number of hydrogen-bond donors (Lipinski definition) is 3. The molecule has 1 heterocycles. The van der Waals surface area contributed by atoms with Gasteiger partial charge < -0.3 is 15.6 Å². The molecule has 0 amide bonds. The highest BCUT2D eigenvalue weighted by molar-refractivity contribution is 14.0. The zero-order valence-corrected chi connectivity index (χ0v) is 17.3. The number of H-pyrrole nitrogens is 1. The second-order valence-corrected chi connectivity index (χ2v) is 5.97. The molecule has 6 heteroatoms. The van der Waals surface area contributed by atoms with Crippen LogP contribution in [0.3, 0.4) is 0 Å². The third-order valence-electron chi connectivity index (χ3n) is 4.32. The van der Waals surface area contributed by atoms with Gasteiger partial charge in [0.15, 0.2) is 5.96 Å². The van der Waals surface area contributed by atoms with E-state index in [1.807, 2.05) is 12.1 Å². The number of para-hydroxylation sites is 1. The fourth-order valence-electron chi connectivity index (χ4n) is 3.00. The Morgan fingerprint density at radius 3 is 2.58 bits per heavy atom. The Morgan fingerprint density at radius 2 is 1.81 bits per heavy atom. The van der Waals surface area contributed by atoms with Crippen LogP contribution in [0.4, 0.5) is 4.39 Å². The van der Waals surface area contributed by atoms with Gasteiger partial charge in [-0.15, -0.1) is 24.0 Å². The second-order valence-electron chi connectivity index (χ2n) is 5.97. The van der Waals surface area contributed by atoms with Crippen LogP contribution in [0, 0.1) is 12.7 Å². The molecule has 0 fully saturated rings. The molecule has 4 nitrogen and oxygen atoms in total. The molecule has 0 spiro atoms. The van der Waals surface area contributed by atoms with Gasteiger partial charge in [0.2, 0.25) is 0 Å². The number of halogens is 2.